The van der Waals surface area contributed by atoms with Crippen molar-refractivity contribution >= 4 is 13.2 Å². The summed E-state index contributed by atoms with van der Waals surface area (Å²) in [5.41, 5.74) is -0.366. The Morgan fingerprint density at radius 1 is 1.24 bits per heavy atom. The highest BCUT2D eigenvalue weighted by atomic mass is 19.1. The third kappa shape index (κ3) is 2.97. The Kier molecular flexibility index (Phi) is 4.15. The molecule has 0 radical (unpaired) electrons. The first kappa shape index (κ1) is 16.0. The van der Waals surface area contributed by atoms with Gasteiger partial charge in [-0.1, -0.05) is 18.2 Å². The minimum absolute atomic E-state index is 0.272. The lowest BCUT2D eigenvalue weighted by Crippen LogP contribution is -2.41. The summed E-state index contributed by atoms with van der Waals surface area (Å²) in [6.45, 7) is 7.30. The molecule has 1 aromatic carbocycles. The number of aromatic hydroxyl groups is 1. The van der Waals surface area contributed by atoms with Gasteiger partial charge in [0.2, 0.25) is 0 Å². The highest BCUT2D eigenvalue weighted by Gasteiger charge is 2.52. The monoisotopic (exact) mass is 294 g/mol. The van der Waals surface area contributed by atoms with E-state index in [9.17, 15) is 14.6 Å². The molecule has 4 nitrogen and oxygen atoms in total. The molecule has 1 fully saturated rings. The Morgan fingerprint density at radius 3 is 2.33 bits per heavy atom. The molecule has 0 saturated carbocycles. The smallest absolute Gasteiger partial charge is 0.492 e. The standard InChI is InChI=1S/C15H20BFO4/c1-14(2)15(3,4)21-16(20-14)11(9-18)8-10-6-5-7-12(17)13(10)19/h5-8,18-19H,9H2,1-4H3. The number of para-hydroxylation sites is 1. The number of aliphatic hydroxyl groups is 1. The van der Waals surface area contributed by atoms with Gasteiger partial charge in [-0.25, -0.2) is 4.39 Å². The maximum Gasteiger partial charge on any atom is 0.492 e. The summed E-state index contributed by atoms with van der Waals surface area (Å²) in [6.07, 6.45) is 1.49. The molecule has 1 heterocycles. The summed E-state index contributed by atoms with van der Waals surface area (Å²) in [5, 5.41) is 19.3. The summed E-state index contributed by atoms with van der Waals surface area (Å²) in [4.78, 5) is 0. The molecular weight excluding hydrogens is 274 g/mol. The zero-order valence-corrected chi connectivity index (χ0v) is 12.7. The summed E-state index contributed by atoms with van der Waals surface area (Å²) in [7, 11) is -0.734. The second-order valence-corrected chi connectivity index (χ2v) is 6.14. The topological polar surface area (TPSA) is 58.9 Å². The first-order valence-corrected chi connectivity index (χ1v) is 6.82. The van der Waals surface area contributed by atoms with Gasteiger partial charge in [0, 0.05) is 5.56 Å². The number of benzene rings is 1. The zero-order valence-electron chi connectivity index (χ0n) is 12.7. The molecule has 1 aliphatic heterocycles. The number of hydrogen-bond acceptors (Lipinski definition) is 4. The zero-order chi connectivity index (χ0) is 15.8. The van der Waals surface area contributed by atoms with Crippen molar-refractivity contribution in [2.24, 2.45) is 0 Å². The van der Waals surface area contributed by atoms with Gasteiger partial charge in [-0.15, -0.1) is 0 Å². The van der Waals surface area contributed by atoms with Gasteiger partial charge in [-0.3, -0.25) is 0 Å². The maximum absolute atomic E-state index is 13.4. The van der Waals surface area contributed by atoms with Crippen LogP contribution < -0.4 is 0 Å². The Morgan fingerprint density at radius 2 is 1.81 bits per heavy atom. The molecule has 0 spiro atoms. The van der Waals surface area contributed by atoms with Gasteiger partial charge in [-0.05, 0) is 39.2 Å². The largest absolute Gasteiger partial charge is 0.504 e. The lowest BCUT2D eigenvalue weighted by atomic mass is 9.77. The van der Waals surface area contributed by atoms with Crippen molar-refractivity contribution in [3.8, 4) is 5.75 Å². The number of rotatable bonds is 3. The molecule has 2 N–H and O–H groups in total. The third-order valence-electron chi connectivity index (χ3n) is 4.10. The lowest BCUT2D eigenvalue weighted by molar-refractivity contribution is 0.00578. The van der Waals surface area contributed by atoms with Crippen molar-refractivity contribution in [1.29, 1.82) is 0 Å². The SMILES string of the molecule is CC1(C)OB(C(=Cc2cccc(F)c2O)CO)OC1(C)C. The third-order valence-corrected chi connectivity index (χ3v) is 4.10. The first-order chi connectivity index (χ1) is 9.68. The molecule has 0 atom stereocenters. The van der Waals surface area contributed by atoms with Crippen molar-refractivity contribution in [2.45, 2.75) is 38.9 Å². The van der Waals surface area contributed by atoms with Crippen LogP contribution in [0.3, 0.4) is 0 Å². The predicted octanol–water partition coefficient (Wildman–Crippen LogP) is 2.54. The van der Waals surface area contributed by atoms with Gasteiger partial charge in [-0.2, -0.15) is 0 Å². The van der Waals surface area contributed by atoms with Crippen LogP contribution in [0.25, 0.3) is 6.08 Å². The van der Waals surface area contributed by atoms with Crippen molar-refractivity contribution in [1.82, 2.24) is 0 Å². The van der Waals surface area contributed by atoms with Crippen molar-refractivity contribution in [3.05, 3.63) is 35.1 Å². The molecule has 0 unspecified atom stereocenters. The second-order valence-electron chi connectivity index (χ2n) is 6.14. The molecule has 0 aromatic heterocycles. The number of aliphatic hydroxyl groups excluding tert-OH is 1. The molecule has 1 saturated heterocycles. The number of phenols is 1. The minimum Gasteiger partial charge on any atom is -0.504 e. The van der Waals surface area contributed by atoms with Gasteiger partial charge in [0.05, 0.1) is 17.8 Å². The highest BCUT2D eigenvalue weighted by Crippen LogP contribution is 2.39. The van der Waals surface area contributed by atoms with Gasteiger partial charge < -0.3 is 19.5 Å². The summed E-state index contributed by atoms with van der Waals surface area (Å²) in [6, 6.07) is 4.21. The summed E-state index contributed by atoms with van der Waals surface area (Å²) >= 11 is 0. The molecule has 0 aliphatic carbocycles. The predicted molar refractivity (Wildman–Crippen MR) is 79.2 cm³/mol. The minimum atomic E-state index is -0.734. The van der Waals surface area contributed by atoms with Crippen LogP contribution in [0.15, 0.2) is 23.7 Å². The van der Waals surface area contributed by atoms with Crippen LogP contribution in [0.5, 0.6) is 5.75 Å². The highest BCUT2D eigenvalue weighted by molar-refractivity contribution is 6.55. The van der Waals surface area contributed by atoms with E-state index in [4.69, 9.17) is 9.31 Å². The van der Waals surface area contributed by atoms with E-state index >= 15 is 0 Å². The van der Waals surface area contributed by atoms with E-state index in [-0.39, 0.29) is 12.2 Å². The summed E-state index contributed by atoms with van der Waals surface area (Å²) < 4.78 is 25.0. The number of phenolic OH excluding ortho intramolecular Hbond substituents is 1. The second kappa shape index (κ2) is 5.44. The van der Waals surface area contributed by atoms with Crippen LogP contribution in [0, 0.1) is 5.82 Å². The molecule has 0 bridgehead atoms. The molecule has 2 rings (SSSR count). The first-order valence-electron chi connectivity index (χ1n) is 6.82. The van der Waals surface area contributed by atoms with E-state index in [0.29, 0.717) is 5.47 Å². The van der Waals surface area contributed by atoms with Crippen molar-refractivity contribution in [3.63, 3.8) is 0 Å². The van der Waals surface area contributed by atoms with Crippen LogP contribution in [0.2, 0.25) is 0 Å². The average Bonchev–Trinajstić information content (AvgIpc) is 2.60. The fourth-order valence-electron chi connectivity index (χ4n) is 2.03. The molecule has 21 heavy (non-hydrogen) atoms. The maximum atomic E-state index is 13.4. The fraction of sp³-hybridized carbons (Fsp3) is 0.467. The van der Waals surface area contributed by atoms with E-state index in [1.807, 2.05) is 27.7 Å². The van der Waals surface area contributed by atoms with Crippen LogP contribution in [0.4, 0.5) is 4.39 Å². The van der Waals surface area contributed by atoms with E-state index in [0.717, 1.165) is 0 Å². The van der Waals surface area contributed by atoms with E-state index < -0.39 is 29.9 Å². The van der Waals surface area contributed by atoms with E-state index in [2.05, 4.69) is 0 Å². The molecular formula is C15H20BFO4. The van der Waals surface area contributed by atoms with E-state index in [1.54, 1.807) is 6.07 Å². The van der Waals surface area contributed by atoms with Crippen molar-refractivity contribution < 1.29 is 23.9 Å². The van der Waals surface area contributed by atoms with Crippen molar-refractivity contribution in [2.75, 3.05) is 6.61 Å². The molecule has 1 aliphatic rings. The van der Waals surface area contributed by atoms with E-state index in [1.165, 1.54) is 18.2 Å². The van der Waals surface area contributed by atoms with Gasteiger partial charge in [0.25, 0.3) is 0 Å². The molecule has 1 aromatic rings. The van der Waals surface area contributed by atoms with Gasteiger partial charge >= 0.3 is 7.12 Å². The number of hydrogen-bond donors (Lipinski definition) is 2. The average molecular weight is 294 g/mol. The Bertz CT molecular complexity index is 553. The Balaban J connectivity index is 2.33. The van der Waals surface area contributed by atoms with Gasteiger partial charge in [0.1, 0.15) is 0 Å². The molecule has 6 heteroatoms. The van der Waals surface area contributed by atoms with Crippen LogP contribution in [0.1, 0.15) is 33.3 Å². The van der Waals surface area contributed by atoms with Crippen LogP contribution in [-0.4, -0.2) is 35.1 Å². The Labute approximate surface area is 124 Å². The molecule has 114 valence electrons. The lowest BCUT2D eigenvalue weighted by Gasteiger charge is -2.32. The normalized spacial score (nSPS) is 20.9. The van der Waals surface area contributed by atoms with Gasteiger partial charge in [0.15, 0.2) is 11.6 Å². The van der Waals surface area contributed by atoms with Crippen LogP contribution in [-0.2, 0) is 9.31 Å². The Hall–Kier alpha value is -1.37. The quantitative estimate of drug-likeness (QED) is 0.841. The molecule has 0 amide bonds. The summed E-state index contributed by atoms with van der Waals surface area (Å²) in [5.74, 6) is -1.17. The van der Waals surface area contributed by atoms with Crippen LogP contribution >= 0.6 is 0 Å². The number of halogens is 1. The fourth-order valence-corrected chi connectivity index (χ4v) is 2.03.